The molecule has 3 N–H and O–H groups in total. The largest absolute Gasteiger partial charge is 1.00 e. The summed E-state index contributed by atoms with van der Waals surface area (Å²) in [5.74, 6) is -3.30. The van der Waals surface area contributed by atoms with E-state index in [1.54, 1.807) is 0 Å². The summed E-state index contributed by atoms with van der Waals surface area (Å²) in [4.78, 5) is 59.3. The summed E-state index contributed by atoms with van der Waals surface area (Å²) in [7, 11) is 2.60. The van der Waals surface area contributed by atoms with Crippen LogP contribution in [0.4, 0.5) is 5.13 Å². The zero-order valence-corrected chi connectivity index (χ0v) is 23.2. The zero-order valence-electron chi connectivity index (χ0n) is 19.5. The molecule has 4 heterocycles. The van der Waals surface area contributed by atoms with Gasteiger partial charge in [-0.05, 0) is 18.6 Å². The van der Waals surface area contributed by atoms with Crippen LogP contribution in [0, 0.1) is 0 Å². The van der Waals surface area contributed by atoms with Gasteiger partial charge in [-0.3, -0.25) is 14.5 Å². The van der Waals surface area contributed by atoms with E-state index in [9.17, 15) is 24.3 Å². The Labute approximate surface area is 234 Å². The molecular formula is C20H18N5NaO8S2. The Hall–Kier alpha value is -2.85. The van der Waals surface area contributed by atoms with Gasteiger partial charge in [0.2, 0.25) is 0 Å². The topological polar surface area (TPSA) is 186 Å². The van der Waals surface area contributed by atoms with Crippen LogP contribution in [0.25, 0.3) is 0 Å². The number of esters is 1. The molecule has 1 aromatic heterocycles. The monoisotopic (exact) mass is 543 g/mol. The Bertz CT molecular complexity index is 1270. The smallest absolute Gasteiger partial charge is 0.543 e. The van der Waals surface area contributed by atoms with Crippen molar-refractivity contribution in [3.05, 3.63) is 45.5 Å². The van der Waals surface area contributed by atoms with E-state index in [0.717, 1.165) is 16.2 Å². The van der Waals surface area contributed by atoms with Crippen LogP contribution < -0.4 is 45.7 Å². The molecule has 0 unspecified atom stereocenters. The minimum atomic E-state index is -1.59. The van der Waals surface area contributed by atoms with Gasteiger partial charge in [0.15, 0.2) is 22.4 Å². The third-order valence-corrected chi connectivity index (χ3v) is 7.20. The molecule has 1 aromatic rings. The predicted octanol–water partition coefficient (Wildman–Crippen LogP) is -4.16. The second-order valence-corrected chi connectivity index (χ2v) is 9.27. The summed E-state index contributed by atoms with van der Waals surface area (Å²) in [6, 6.07) is -1.03. The fourth-order valence-electron chi connectivity index (χ4n) is 3.65. The number of oxime groups is 1. The number of carbonyl (C=O) groups is 4. The number of methoxy groups -OCH3 is 1. The van der Waals surface area contributed by atoms with E-state index in [-0.39, 0.29) is 80.2 Å². The number of nitrogens with one attached hydrogen (secondary N) is 1. The van der Waals surface area contributed by atoms with E-state index in [2.05, 4.69) is 15.5 Å². The second kappa shape index (κ2) is 11.0. The average molecular weight is 544 g/mol. The predicted molar refractivity (Wildman–Crippen MR) is 121 cm³/mol. The van der Waals surface area contributed by atoms with E-state index >= 15 is 0 Å². The number of ether oxygens (including phenoxy) is 2. The number of nitrogens with two attached hydrogens (primary N) is 1. The molecule has 2 amide bonds. The van der Waals surface area contributed by atoms with Crippen molar-refractivity contribution in [2.45, 2.75) is 18.3 Å². The van der Waals surface area contributed by atoms with E-state index in [4.69, 9.17) is 20.0 Å². The number of carboxylic acids is 1. The van der Waals surface area contributed by atoms with E-state index < -0.39 is 35.2 Å². The van der Waals surface area contributed by atoms with Gasteiger partial charge < -0.3 is 35.3 Å². The molecule has 3 aliphatic heterocycles. The van der Waals surface area contributed by atoms with Crippen LogP contribution in [-0.4, -0.2) is 70.7 Å². The molecule has 4 rings (SSSR count). The number of carbonyl (C=O) groups excluding carboxylic acids is 4. The summed E-state index contributed by atoms with van der Waals surface area (Å²) in [5.41, 5.74) is 5.63. The van der Waals surface area contributed by atoms with Crippen LogP contribution in [-0.2, 0) is 33.5 Å². The van der Waals surface area contributed by atoms with Gasteiger partial charge in [0.1, 0.15) is 24.2 Å². The van der Waals surface area contributed by atoms with Gasteiger partial charge in [0, 0.05) is 11.1 Å². The van der Waals surface area contributed by atoms with Gasteiger partial charge in [0.25, 0.3) is 11.8 Å². The van der Waals surface area contributed by atoms with Gasteiger partial charge in [-0.15, -0.1) is 23.1 Å². The number of hydrogen-bond donors (Lipinski definition) is 2. The second-order valence-electron chi connectivity index (χ2n) is 7.27. The van der Waals surface area contributed by atoms with Crippen molar-refractivity contribution in [2.24, 2.45) is 5.16 Å². The molecule has 0 saturated carbocycles. The van der Waals surface area contributed by atoms with Crippen LogP contribution in [0.3, 0.4) is 0 Å². The van der Waals surface area contributed by atoms with E-state index in [1.807, 2.05) is 0 Å². The van der Waals surface area contributed by atoms with Crippen LogP contribution in [0.1, 0.15) is 12.6 Å². The first-order chi connectivity index (χ1) is 16.7. The van der Waals surface area contributed by atoms with Gasteiger partial charge in [-0.2, -0.15) is 0 Å². The number of amides is 2. The maximum Gasteiger partial charge on any atom is 1.00 e. The molecule has 0 radical (unpaired) electrons. The SMILES string of the molecule is CO/N=C(\C(=O)N[C@@H]1C(=O)N2C(C(=O)[O-])=C(/C=C3/OC(=O)C(C)=C3OC)CS[C@@H]12)c1csc(N)n1.[Na+]. The number of carboxylic acid groups (broad SMARTS) is 1. The number of cyclic esters (lactones) is 1. The molecule has 1 fully saturated rings. The molecule has 36 heavy (non-hydrogen) atoms. The van der Waals surface area contributed by atoms with Crippen molar-refractivity contribution in [1.82, 2.24) is 15.2 Å². The Morgan fingerprint density at radius 1 is 1.39 bits per heavy atom. The molecule has 0 aromatic carbocycles. The van der Waals surface area contributed by atoms with E-state index in [0.29, 0.717) is 0 Å². The maximum absolute atomic E-state index is 12.9. The minimum absolute atomic E-state index is 0. The van der Waals surface area contributed by atoms with Crippen molar-refractivity contribution < 1.29 is 68.2 Å². The summed E-state index contributed by atoms with van der Waals surface area (Å²) in [5, 5.41) is 19.2. The fraction of sp³-hybridized carbons (Fsp3) is 0.300. The van der Waals surface area contributed by atoms with Gasteiger partial charge >= 0.3 is 35.5 Å². The third kappa shape index (κ3) is 4.88. The number of nitrogen functional groups attached to an aromatic ring is 1. The van der Waals surface area contributed by atoms with Crippen molar-refractivity contribution in [2.75, 3.05) is 25.7 Å². The molecule has 2 atom stereocenters. The number of hydrogen-bond acceptors (Lipinski definition) is 13. The fourth-order valence-corrected chi connectivity index (χ4v) is 5.51. The normalized spacial score (nSPS) is 22.6. The quantitative estimate of drug-likeness (QED) is 0.112. The first kappa shape index (κ1) is 27.7. The van der Waals surface area contributed by atoms with Gasteiger partial charge in [-0.25, -0.2) is 9.78 Å². The van der Waals surface area contributed by atoms with Crippen molar-refractivity contribution in [3.63, 3.8) is 0 Å². The molecule has 1 saturated heterocycles. The molecule has 184 valence electrons. The number of aromatic nitrogens is 1. The number of allylic oxidation sites excluding steroid dienone is 1. The number of aliphatic carboxylic acids is 1. The number of β-lactam (4-membered cyclic amide) rings is 1. The maximum atomic E-state index is 12.9. The minimum Gasteiger partial charge on any atom is -0.543 e. The standard InChI is InChI=1S/C20H19N5O8S2.Na/c1-7-14(31-2)10(33-19(7)30)4-8-5-34-17-12(16(27)25(17)13(8)18(28)29)23-15(26)11(24-32-3)9-6-35-20(21)22-9;/h4,6,12,17H,5H2,1-3H3,(H2,21,22)(H,23,26)(H,28,29);/q;+1/p-1/b10-4+,24-11-;/t12-,17+;/m1./s1. The molecule has 0 aliphatic carbocycles. The summed E-state index contributed by atoms with van der Waals surface area (Å²) in [6.07, 6.45) is 1.33. The first-order valence-corrected chi connectivity index (χ1v) is 11.8. The molecule has 16 heteroatoms. The number of thiazole rings is 1. The van der Waals surface area contributed by atoms with Crippen LogP contribution in [0.15, 0.2) is 45.0 Å². The summed E-state index contributed by atoms with van der Waals surface area (Å²) in [6.45, 7) is 1.51. The third-order valence-electron chi connectivity index (χ3n) is 5.22. The Morgan fingerprint density at radius 3 is 2.69 bits per heavy atom. The number of rotatable bonds is 7. The summed E-state index contributed by atoms with van der Waals surface area (Å²) >= 11 is 2.31. The van der Waals surface area contributed by atoms with Gasteiger partial charge in [0.05, 0.1) is 24.3 Å². The molecular weight excluding hydrogens is 525 g/mol. The first-order valence-electron chi connectivity index (χ1n) is 9.89. The van der Waals surface area contributed by atoms with Crippen molar-refractivity contribution in [3.8, 4) is 0 Å². The molecule has 3 aliphatic rings. The van der Waals surface area contributed by atoms with Crippen LogP contribution >= 0.6 is 23.1 Å². The van der Waals surface area contributed by atoms with E-state index in [1.165, 1.54) is 44.4 Å². The van der Waals surface area contributed by atoms with Crippen LogP contribution in [0.2, 0.25) is 0 Å². The Kier molecular flexibility index (Phi) is 8.51. The molecule has 0 bridgehead atoms. The number of thioether (sulfide) groups is 1. The van der Waals surface area contributed by atoms with Crippen molar-refractivity contribution >= 4 is 57.7 Å². The summed E-state index contributed by atoms with van der Waals surface area (Å²) < 4.78 is 10.3. The number of anilines is 1. The number of fused-ring (bicyclic) bond motifs is 1. The molecule has 13 nitrogen and oxygen atoms in total. The Balaban J connectivity index is 0.00000361. The van der Waals surface area contributed by atoms with Crippen LogP contribution in [0.5, 0.6) is 0 Å². The number of nitrogens with zero attached hydrogens (tertiary/aromatic N) is 3. The zero-order chi connectivity index (χ0) is 25.4. The Morgan fingerprint density at radius 2 is 2.11 bits per heavy atom. The van der Waals surface area contributed by atoms with Gasteiger partial charge in [-0.1, -0.05) is 5.16 Å². The van der Waals surface area contributed by atoms with Crippen molar-refractivity contribution in [1.29, 1.82) is 0 Å². The molecule has 0 spiro atoms. The average Bonchev–Trinajstić information content (AvgIpc) is 3.37.